The first kappa shape index (κ1) is 18.7. The van der Waals surface area contributed by atoms with Crippen LogP contribution in [0, 0.1) is 3.57 Å². The largest absolute Gasteiger partial charge is 0.467 e. The van der Waals surface area contributed by atoms with Gasteiger partial charge in [-0.15, -0.1) is 0 Å². The molecule has 0 heterocycles. The standard InChI is InChI=1S/C15H21IN2O4/c1-15(2,3)22-9-12(13(19)21-4)18-14(20)17-11-7-5-6-10(16)8-11/h5-8,12H,9H2,1-4H3,(H2,17,18,20). The van der Waals surface area contributed by atoms with Crippen molar-refractivity contribution >= 4 is 40.3 Å². The molecule has 1 atom stereocenters. The van der Waals surface area contributed by atoms with Crippen LogP contribution in [0.3, 0.4) is 0 Å². The summed E-state index contributed by atoms with van der Waals surface area (Å²) < 4.78 is 11.2. The van der Waals surface area contributed by atoms with E-state index in [2.05, 4.69) is 38.0 Å². The van der Waals surface area contributed by atoms with E-state index in [4.69, 9.17) is 4.74 Å². The molecule has 0 spiro atoms. The lowest BCUT2D eigenvalue weighted by Gasteiger charge is -2.24. The van der Waals surface area contributed by atoms with E-state index >= 15 is 0 Å². The van der Waals surface area contributed by atoms with E-state index in [-0.39, 0.29) is 6.61 Å². The topological polar surface area (TPSA) is 76.7 Å². The van der Waals surface area contributed by atoms with Gasteiger partial charge in [-0.1, -0.05) is 6.07 Å². The molecule has 122 valence electrons. The summed E-state index contributed by atoms with van der Waals surface area (Å²) in [6.07, 6.45) is 0. The lowest BCUT2D eigenvalue weighted by molar-refractivity contribution is -0.145. The Labute approximate surface area is 144 Å². The maximum Gasteiger partial charge on any atom is 0.330 e. The normalized spacial score (nSPS) is 12.4. The molecule has 0 saturated carbocycles. The van der Waals surface area contributed by atoms with Gasteiger partial charge in [-0.25, -0.2) is 9.59 Å². The van der Waals surface area contributed by atoms with Gasteiger partial charge in [0.1, 0.15) is 0 Å². The van der Waals surface area contributed by atoms with Crippen LogP contribution in [0.1, 0.15) is 20.8 Å². The Kier molecular flexibility index (Phi) is 7.08. The molecule has 0 aliphatic carbocycles. The van der Waals surface area contributed by atoms with E-state index in [0.29, 0.717) is 5.69 Å². The summed E-state index contributed by atoms with van der Waals surface area (Å²) in [7, 11) is 1.27. The number of anilines is 1. The van der Waals surface area contributed by atoms with Crippen LogP contribution in [0.2, 0.25) is 0 Å². The van der Waals surface area contributed by atoms with Gasteiger partial charge in [-0.2, -0.15) is 0 Å². The smallest absolute Gasteiger partial charge is 0.330 e. The van der Waals surface area contributed by atoms with Gasteiger partial charge in [-0.05, 0) is 61.6 Å². The van der Waals surface area contributed by atoms with Crippen molar-refractivity contribution in [2.24, 2.45) is 0 Å². The quantitative estimate of drug-likeness (QED) is 0.568. The van der Waals surface area contributed by atoms with E-state index in [0.717, 1.165) is 3.57 Å². The number of carbonyl (C=O) groups excluding carboxylic acids is 2. The Morgan fingerprint density at radius 2 is 2.00 bits per heavy atom. The second-order valence-electron chi connectivity index (χ2n) is 5.61. The summed E-state index contributed by atoms with van der Waals surface area (Å²) in [5.74, 6) is -0.554. The highest BCUT2D eigenvalue weighted by Gasteiger charge is 2.24. The van der Waals surface area contributed by atoms with Crippen molar-refractivity contribution < 1.29 is 19.1 Å². The highest BCUT2D eigenvalue weighted by molar-refractivity contribution is 14.1. The lowest BCUT2D eigenvalue weighted by Crippen LogP contribution is -2.47. The van der Waals surface area contributed by atoms with Gasteiger partial charge in [0, 0.05) is 9.26 Å². The van der Waals surface area contributed by atoms with Crippen LogP contribution in [-0.2, 0) is 14.3 Å². The molecule has 0 saturated heterocycles. The van der Waals surface area contributed by atoms with Crippen molar-refractivity contribution in [3.05, 3.63) is 27.8 Å². The highest BCUT2D eigenvalue weighted by atomic mass is 127. The second kappa shape index (κ2) is 8.33. The summed E-state index contributed by atoms with van der Waals surface area (Å²) in [6.45, 7) is 5.64. The van der Waals surface area contributed by atoms with E-state index in [9.17, 15) is 9.59 Å². The maximum atomic E-state index is 12.0. The van der Waals surface area contributed by atoms with Gasteiger partial charge in [0.05, 0.1) is 19.3 Å². The van der Waals surface area contributed by atoms with Gasteiger partial charge in [0.15, 0.2) is 6.04 Å². The molecule has 0 radical (unpaired) electrons. The molecule has 1 aromatic carbocycles. The number of nitrogens with one attached hydrogen (secondary N) is 2. The molecule has 2 N–H and O–H groups in total. The maximum absolute atomic E-state index is 12.0. The Morgan fingerprint density at radius 1 is 1.32 bits per heavy atom. The van der Waals surface area contributed by atoms with Crippen molar-refractivity contribution in [1.82, 2.24) is 5.32 Å². The Morgan fingerprint density at radius 3 is 2.55 bits per heavy atom. The summed E-state index contributed by atoms with van der Waals surface area (Å²) >= 11 is 2.15. The number of amides is 2. The van der Waals surface area contributed by atoms with E-state index in [1.165, 1.54) is 7.11 Å². The molecule has 2 amide bonds. The fourth-order valence-corrected chi connectivity index (χ4v) is 2.08. The van der Waals surface area contributed by atoms with Crippen LogP contribution in [0.4, 0.5) is 10.5 Å². The Bertz CT molecular complexity index is 529. The predicted molar refractivity (Wildman–Crippen MR) is 92.8 cm³/mol. The van der Waals surface area contributed by atoms with Gasteiger partial charge >= 0.3 is 12.0 Å². The highest BCUT2D eigenvalue weighted by Crippen LogP contribution is 2.12. The van der Waals surface area contributed by atoms with E-state index in [1.807, 2.05) is 39.0 Å². The van der Waals surface area contributed by atoms with Crippen molar-refractivity contribution in [1.29, 1.82) is 0 Å². The molecule has 7 heteroatoms. The van der Waals surface area contributed by atoms with Crippen LogP contribution in [0.15, 0.2) is 24.3 Å². The summed E-state index contributed by atoms with van der Waals surface area (Å²) in [5.41, 5.74) is 0.227. The van der Waals surface area contributed by atoms with Gasteiger partial charge in [-0.3, -0.25) is 0 Å². The van der Waals surface area contributed by atoms with E-state index in [1.54, 1.807) is 6.07 Å². The Hall–Kier alpha value is -1.35. The molecule has 1 rings (SSSR count). The fraction of sp³-hybridized carbons (Fsp3) is 0.467. The van der Waals surface area contributed by atoms with Crippen molar-refractivity contribution in [2.45, 2.75) is 32.4 Å². The zero-order valence-electron chi connectivity index (χ0n) is 13.1. The third-order valence-corrected chi connectivity index (χ3v) is 3.23. The molecule has 0 fully saturated rings. The number of hydrogen-bond acceptors (Lipinski definition) is 4. The number of hydrogen-bond donors (Lipinski definition) is 2. The third-order valence-electron chi connectivity index (χ3n) is 2.56. The predicted octanol–water partition coefficient (Wildman–Crippen LogP) is 2.77. The lowest BCUT2D eigenvalue weighted by atomic mass is 10.2. The van der Waals surface area contributed by atoms with Gasteiger partial charge in [0.25, 0.3) is 0 Å². The molecular formula is C15H21IN2O4. The minimum Gasteiger partial charge on any atom is -0.467 e. The van der Waals surface area contributed by atoms with Crippen molar-refractivity contribution in [3.63, 3.8) is 0 Å². The minimum atomic E-state index is -0.869. The average molecular weight is 420 g/mol. The minimum absolute atomic E-state index is 0.0376. The molecule has 0 aromatic heterocycles. The molecule has 22 heavy (non-hydrogen) atoms. The molecule has 0 aliphatic rings. The van der Waals surface area contributed by atoms with Crippen LogP contribution in [-0.4, -0.2) is 37.4 Å². The van der Waals surface area contributed by atoms with Crippen LogP contribution in [0.25, 0.3) is 0 Å². The number of urea groups is 1. The Balaban J connectivity index is 2.64. The summed E-state index contributed by atoms with van der Waals surface area (Å²) in [6, 6.07) is 5.97. The zero-order chi connectivity index (χ0) is 16.8. The number of rotatable bonds is 5. The van der Waals surface area contributed by atoms with Crippen molar-refractivity contribution in [2.75, 3.05) is 19.0 Å². The third kappa shape index (κ3) is 7.08. The number of methoxy groups -OCH3 is 1. The average Bonchev–Trinajstić information content (AvgIpc) is 2.41. The number of ether oxygens (including phenoxy) is 2. The number of benzene rings is 1. The van der Waals surface area contributed by atoms with Crippen LogP contribution >= 0.6 is 22.6 Å². The molecule has 0 aliphatic heterocycles. The molecular weight excluding hydrogens is 399 g/mol. The van der Waals surface area contributed by atoms with E-state index < -0.39 is 23.6 Å². The first-order chi connectivity index (χ1) is 10.2. The zero-order valence-corrected chi connectivity index (χ0v) is 15.3. The first-order valence-electron chi connectivity index (χ1n) is 6.76. The van der Waals surface area contributed by atoms with Crippen LogP contribution in [0.5, 0.6) is 0 Å². The SMILES string of the molecule is COC(=O)C(COC(C)(C)C)NC(=O)Nc1cccc(I)c1. The molecule has 6 nitrogen and oxygen atoms in total. The molecule has 1 aromatic rings. The number of carbonyl (C=O) groups is 2. The fourth-order valence-electron chi connectivity index (χ4n) is 1.54. The summed E-state index contributed by atoms with van der Waals surface area (Å²) in [4.78, 5) is 23.7. The number of halogens is 1. The summed E-state index contributed by atoms with van der Waals surface area (Å²) in [5, 5.41) is 5.23. The van der Waals surface area contributed by atoms with Crippen molar-refractivity contribution in [3.8, 4) is 0 Å². The molecule has 0 bridgehead atoms. The monoisotopic (exact) mass is 420 g/mol. The van der Waals surface area contributed by atoms with Gasteiger partial charge in [0.2, 0.25) is 0 Å². The second-order valence-corrected chi connectivity index (χ2v) is 6.85. The first-order valence-corrected chi connectivity index (χ1v) is 7.84. The van der Waals surface area contributed by atoms with Gasteiger partial charge < -0.3 is 20.1 Å². The number of esters is 1. The molecule has 1 unspecified atom stereocenters. The van der Waals surface area contributed by atoms with Crippen LogP contribution < -0.4 is 10.6 Å².